The highest BCUT2D eigenvalue weighted by molar-refractivity contribution is 7.10. The van der Waals surface area contributed by atoms with Crippen LogP contribution in [0.4, 0.5) is 4.79 Å². The predicted molar refractivity (Wildman–Crippen MR) is 91.4 cm³/mol. The van der Waals surface area contributed by atoms with Gasteiger partial charge in [0, 0.05) is 30.4 Å². The summed E-state index contributed by atoms with van der Waals surface area (Å²) in [6.07, 6.45) is 6.34. The molecule has 1 fully saturated rings. The number of aliphatic hydroxyl groups excluding tert-OH is 1. The standard InChI is InChI=1S/C17H28N2O2S/c1-14(20)8-11-19(2)16(21)18-13-17(9-4-3-5-10-17)15-7-6-12-22-15/h6-7,12,14,20H,3-5,8-11,13H2,1-2H3,(H,18,21). The number of hydrogen-bond donors (Lipinski definition) is 2. The molecular formula is C17H28N2O2S. The van der Waals surface area contributed by atoms with E-state index in [1.807, 2.05) is 0 Å². The minimum absolute atomic E-state index is 0.0397. The Bertz CT molecular complexity index is 453. The summed E-state index contributed by atoms with van der Waals surface area (Å²) in [5.74, 6) is 0. The summed E-state index contributed by atoms with van der Waals surface area (Å²) in [6.45, 7) is 3.04. The van der Waals surface area contributed by atoms with E-state index < -0.39 is 0 Å². The van der Waals surface area contributed by atoms with E-state index in [1.54, 1.807) is 30.2 Å². The maximum atomic E-state index is 12.2. The first-order chi connectivity index (χ1) is 10.5. The molecule has 1 saturated carbocycles. The lowest BCUT2D eigenvalue weighted by Gasteiger charge is -2.37. The Balaban J connectivity index is 1.93. The third-order valence-electron chi connectivity index (χ3n) is 4.66. The zero-order valence-electron chi connectivity index (χ0n) is 13.7. The van der Waals surface area contributed by atoms with Crippen molar-refractivity contribution in [3.63, 3.8) is 0 Å². The van der Waals surface area contributed by atoms with Crippen LogP contribution in [0.3, 0.4) is 0 Å². The Morgan fingerprint density at radius 1 is 1.45 bits per heavy atom. The lowest BCUT2D eigenvalue weighted by molar-refractivity contribution is 0.161. The summed E-state index contributed by atoms with van der Waals surface area (Å²) in [5.41, 5.74) is 0.118. The van der Waals surface area contributed by atoms with Gasteiger partial charge in [-0.2, -0.15) is 0 Å². The van der Waals surface area contributed by atoms with Crippen molar-refractivity contribution in [3.05, 3.63) is 22.4 Å². The molecule has 1 unspecified atom stereocenters. The highest BCUT2D eigenvalue weighted by Crippen LogP contribution is 2.41. The second kappa shape index (κ2) is 7.97. The number of thiophene rings is 1. The monoisotopic (exact) mass is 324 g/mol. The van der Waals surface area contributed by atoms with Crippen molar-refractivity contribution in [2.24, 2.45) is 0 Å². The first-order valence-corrected chi connectivity index (χ1v) is 9.12. The summed E-state index contributed by atoms with van der Waals surface area (Å²) >= 11 is 1.80. The quantitative estimate of drug-likeness (QED) is 0.843. The molecule has 1 aromatic heterocycles. The number of amides is 2. The SMILES string of the molecule is CC(O)CCN(C)C(=O)NCC1(c2cccs2)CCCCC1. The van der Waals surface area contributed by atoms with Crippen molar-refractivity contribution in [2.75, 3.05) is 20.1 Å². The molecule has 0 aliphatic heterocycles. The Morgan fingerprint density at radius 2 is 2.18 bits per heavy atom. The van der Waals surface area contributed by atoms with Gasteiger partial charge in [0.25, 0.3) is 0 Å². The maximum absolute atomic E-state index is 12.2. The van der Waals surface area contributed by atoms with Crippen LogP contribution in [0.25, 0.3) is 0 Å². The largest absolute Gasteiger partial charge is 0.393 e. The maximum Gasteiger partial charge on any atom is 0.317 e. The first-order valence-electron chi connectivity index (χ1n) is 8.24. The van der Waals surface area contributed by atoms with Gasteiger partial charge < -0.3 is 15.3 Å². The summed E-state index contributed by atoms with van der Waals surface area (Å²) in [5, 5.41) is 14.6. The van der Waals surface area contributed by atoms with E-state index in [4.69, 9.17) is 0 Å². The molecule has 1 atom stereocenters. The van der Waals surface area contributed by atoms with Crippen molar-refractivity contribution in [2.45, 2.75) is 57.0 Å². The lowest BCUT2D eigenvalue weighted by atomic mass is 9.73. The molecule has 2 rings (SSSR count). The van der Waals surface area contributed by atoms with Gasteiger partial charge in [-0.15, -0.1) is 11.3 Å². The Kier molecular flexibility index (Phi) is 6.26. The van der Waals surface area contributed by atoms with E-state index in [0.29, 0.717) is 19.5 Å². The number of aliphatic hydroxyl groups is 1. The molecule has 5 heteroatoms. The minimum atomic E-state index is -0.369. The molecule has 124 valence electrons. The van der Waals surface area contributed by atoms with Crippen LogP contribution in [-0.2, 0) is 5.41 Å². The smallest absolute Gasteiger partial charge is 0.317 e. The summed E-state index contributed by atoms with van der Waals surface area (Å²) in [6, 6.07) is 4.27. The topological polar surface area (TPSA) is 52.6 Å². The molecule has 2 amide bonds. The van der Waals surface area contributed by atoms with Crippen LogP contribution >= 0.6 is 11.3 Å². The second-order valence-corrected chi connectivity index (χ2v) is 7.48. The van der Waals surface area contributed by atoms with Gasteiger partial charge in [-0.3, -0.25) is 0 Å². The molecule has 0 radical (unpaired) electrons. The number of carbonyl (C=O) groups is 1. The van der Waals surface area contributed by atoms with Crippen LogP contribution in [0.15, 0.2) is 17.5 Å². The van der Waals surface area contributed by atoms with Gasteiger partial charge in [-0.1, -0.05) is 25.3 Å². The van der Waals surface area contributed by atoms with Crippen molar-refractivity contribution >= 4 is 17.4 Å². The third-order valence-corrected chi connectivity index (χ3v) is 5.78. The van der Waals surface area contributed by atoms with E-state index in [1.165, 1.54) is 24.1 Å². The van der Waals surface area contributed by atoms with Crippen LogP contribution in [0.5, 0.6) is 0 Å². The van der Waals surface area contributed by atoms with E-state index >= 15 is 0 Å². The van der Waals surface area contributed by atoms with Crippen molar-refractivity contribution in [3.8, 4) is 0 Å². The van der Waals surface area contributed by atoms with Gasteiger partial charge >= 0.3 is 6.03 Å². The second-order valence-electron chi connectivity index (χ2n) is 6.54. The molecular weight excluding hydrogens is 296 g/mol. The van der Waals surface area contributed by atoms with E-state index in [0.717, 1.165) is 12.8 Å². The number of carbonyl (C=O) groups excluding carboxylic acids is 1. The van der Waals surface area contributed by atoms with Crippen LogP contribution in [0.2, 0.25) is 0 Å². The average Bonchev–Trinajstić information content (AvgIpc) is 3.06. The molecule has 1 aromatic rings. The molecule has 1 aliphatic rings. The zero-order chi connectivity index (χ0) is 16.0. The van der Waals surface area contributed by atoms with Gasteiger partial charge in [-0.05, 0) is 37.6 Å². The van der Waals surface area contributed by atoms with Crippen LogP contribution in [0.1, 0.15) is 50.3 Å². The fraction of sp³-hybridized carbons (Fsp3) is 0.706. The van der Waals surface area contributed by atoms with E-state index in [9.17, 15) is 9.90 Å². The fourth-order valence-corrected chi connectivity index (χ4v) is 4.17. The number of urea groups is 1. The fourth-order valence-electron chi connectivity index (χ4n) is 3.18. The number of nitrogens with one attached hydrogen (secondary N) is 1. The normalized spacial score (nSPS) is 18.7. The average molecular weight is 324 g/mol. The van der Waals surface area contributed by atoms with E-state index in [-0.39, 0.29) is 17.6 Å². The van der Waals surface area contributed by atoms with Crippen molar-refractivity contribution < 1.29 is 9.90 Å². The zero-order valence-corrected chi connectivity index (χ0v) is 14.5. The molecule has 0 saturated heterocycles. The summed E-state index contributed by atoms with van der Waals surface area (Å²) in [7, 11) is 1.79. The van der Waals surface area contributed by atoms with Crippen molar-refractivity contribution in [1.82, 2.24) is 10.2 Å². The number of nitrogens with zero attached hydrogens (tertiary/aromatic N) is 1. The van der Waals surface area contributed by atoms with E-state index in [2.05, 4.69) is 22.8 Å². The Hall–Kier alpha value is -1.07. The molecule has 0 aromatic carbocycles. The predicted octanol–water partition coefficient (Wildman–Crippen LogP) is 3.36. The lowest BCUT2D eigenvalue weighted by Crippen LogP contribution is -2.46. The first kappa shape index (κ1) is 17.3. The molecule has 22 heavy (non-hydrogen) atoms. The van der Waals surface area contributed by atoms with Crippen molar-refractivity contribution in [1.29, 1.82) is 0 Å². The van der Waals surface area contributed by atoms with Gasteiger partial charge in [0.1, 0.15) is 0 Å². The Labute approximate surface area is 137 Å². The van der Waals surface area contributed by atoms with Gasteiger partial charge in [-0.25, -0.2) is 4.79 Å². The molecule has 4 nitrogen and oxygen atoms in total. The molecule has 0 bridgehead atoms. The molecule has 2 N–H and O–H groups in total. The van der Waals surface area contributed by atoms with Gasteiger partial charge in [0.15, 0.2) is 0 Å². The molecule has 1 heterocycles. The summed E-state index contributed by atoms with van der Waals surface area (Å²) in [4.78, 5) is 15.3. The molecule has 1 aliphatic carbocycles. The van der Waals surface area contributed by atoms with Crippen LogP contribution in [-0.4, -0.2) is 42.3 Å². The molecule has 0 spiro atoms. The highest BCUT2D eigenvalue weighted by Gasteiger charge is 2.35. The number of rotatable bonds is 6. The highest BCUT2D eigenvalue weighted by atomic mass is 32.1. The van der Waals surface area contributed by atoms with Gasteiger partial charge in [0.05, 0.1) is 6.10 Å². The van der Waals surface area contributed by atoms with Crippen LogP contribution in [0, 0.1) is 0 Å². The minimum Gasteiger partial charge on any atom is -0.393 e. The summed E-state index contributed by atoms with van der Waals surface area (Å²) < 4.78 is 0. The van der Waals surface area contributed by atoms with Gasteiger partial charge in [0.2, 0.25) is 0 Å². The third kappa shape index (κ3) is 4.46. The Morgan fingerprint density at radius 3 is 2.77 bits per heavy atom. The number of hydrogen-bond acceptors (Lipinski definition) is 3. The van der Waals surface area contributed by atoms with Crippen LogP contribution < -0.4 is 5.32 Å².